The van der Waals surface area contributed by atoms with Gasteiger partial charge in [0.1, 0.15) is 13.2 Å². The maximum Gasteiger partial charge on any atom is 0.254 e. The van der Waals surface area contributed by atoms with Crippen LogP contribution < -0.4 is 9.47 Å². The zero-order valence-electron chi connectivity index (χ0n) is 16.6. The molecule has 1 atom stereocenters. The van der Waals surface area contributed by atoms with Crippen LogP contribution in [-0.4, -0.2) is 30.6 Å². The molecule has 1 aliphatic carbocycles. The first kappa shape index (κ1) is 18.1. The number of nitrogens with zero attached hydrogens (tertiary/aromatic N) is 2. The number of carbonyl (C=O) groups is 1. The molecule has 1 amide bonds. The first-order chi connectivity index (χ1) is 14.1. The van der Waals surface area contributed by atoms with Crippen molar-refractivity contribution >= 4 is 5.91 Å². The van der Waals surface area contributed by atoms with Crippen molar-refractivity contribution in [3.05, 3.63) is 58.7 Å². The van der Waals surface area contributed by atoms with Crippen molar-refractivity contribution in [3.63, 3.8) is 0 Å². The van der Waals surface area contributed by atoms with E-state index in [9.17, 15) is 4.79 Å². The highest BCUT2D eigenvalue weighted by Gasteiger charge is 2.46. The van der Waals surface area contributed by atoms with Crippen LogP contribution in [0.2, 0.25) is 0 Å². The Morgan fingerprint density at radius 2 is 1.76 bits per heavy atom. The molecule has 2 heterocycles. The largest absolute Gasteiger partial charge is 0.486 e. The van der Waals surface area contributed by atoms with Gasteiger partial charge in [0.15, 0.2) is 11.5 Å². The van der Waals surface area contributed by atoms with Crippen molar-refractivity contribution in [1.82, 2.24) is 4.90 Å². The van der Waals surface area contributed by atoms with Crippen molar-refractivity contribution in [2.24, 2.45) is 0 Å². The molecular weight excluding hydrogens is 364 g/mol. The van der Waals surface area contributed by atoms with Crippen molar-refractivity contribution in [2.45, 2.75) is 44.1 Å². The predicted molar refractivity (Wildman–Crippen MR) is 108 cm³/mol. The Hall–Kier alpha value is -3.00. The van der Waals surface area contributed by atoms with Crippen LogP contribution in [0.15, 0.2) is 36.4 Å². The van der Waals surface area contributed by atoms with Gasteiger partial charge in [-0.1, -0.05) is 12.8 Å². The minimum absolute atomic E-state index is 0.0140. The summed E-state index contributed by atoms with van der Waals surface area (Å²) in [6.45, 7) is 3.95. The molecule has 2 aromatic carbocycles. The Morgan fingerprint density at radius 1 is 1.10 bits per heavy atom. The summed E-state index contributed by atoms with van der Waals surface area (Å²) in [6.07, 6.45) is 4.54. The van der Waals surface area contributed by atoms with Gasteiger partial charge in [0.25, 0.3) is 5.91 Å². The quantitative estimate of drug-likeness (QED) is 0.728. The average Bonchev–Trinajstić information content (AvgIpc) is 3.24. The molecule has 5 nitrogen and oxygen atoms in total. The van der Waals surface area contributed by atoms with Gasteiger partial charge in [0.05, 0.1) is 17.7 Å². The fourth-order valence-electron chi connectivity index (χ4n) is 5.21. The summed E-state index contributed by atoms with van der Waals surface area (Å²) in [5.41, 5.74) is 3.68. The topological polar surface area (TPSA) is 62.6 Å². The van der Waals surface area contributed by atoms with Crippen molar-refractivity contribution < 1.29 is 14.3 Å². The Labute approximate surface area is 170 Å². The van der Waals surface area contributed by atoms with Crippen LogP contribution in [0.1, 0.15) is 65.7 Å². The molecule has 29 heavy (non-hydrogen) atoms. The number of ether oxygens (including phenoxy) is 2. The molecule has 1 saturated carbocycles. The molecule has 5 rings (SSSR count). The number of benzene rings is 2. The molecule has 0 radical (unpaired) electrons. The summed E-state index contributed by atoms with van der Waals surface area (Å²) in [5.74, 6) is 1.64. The van der Waals surface area contributed by atoms with Crippen LogP contribution in [0.25, 0.3) is 0 Å². The van der Waals surface area contributed by atoms with Crippen LogP contribution in [0, 0.1) is 11.3 Å². The fourth-order valence-corrected chi connectivity index (χ4v) is 5.21. The molecule has 3 aliphatic rings. The summed E-state index contributed by atoms with van der Waals surface area (Å²) in [7, 11) is 0. The second kappa shape index (κ2) is 6.81. The van der Waals surface area contributed by atoms with E-state index in [0.717, 1.165) is 30.9 Å². The van der Waals surface area contributed by atoms with E-state index in [2.05, 4.69) is 25.1 Å². The Kier molecular flexibility index (Phi) is 4.24. The van der Waals surface area contributed by atoms with E-state index in [1.54, 1.807) is 24.3 Å². The maximum absolute atomic E-state index is 13.4. The molecule has 5 heteroatoms. The number of nitriles is 1. The van der Waals surface area contributed by atoms with Crippen molar-refractivity contribution in [1.29, 1.82) is 5.26 Å². The van der Waals surface area contributed by atoms with E-state index in [-0.39, 0.29) is 17.4 Å². The normalized spacial score (nSPS) is 21.5. The lowest BCUT2D eigenvalue weighted by Gasteiger charge is -2.46. The molecular formula is C24H24N2O3. The lowest BCUT2D eigenvalue weighted by atomic mass is 9.71. The first-order valence-corrected chi connectivity index (χ1v) is 10.4. The Morgan fingerprint density at radius 3 is 2.41 bits per heavy atom. The number of rotatable bonds is 1. The Balaban J connectivity index is 1.57. The smallest absolute Gasteiger partial charge is 0.254 e. The monoisotopic (exact) mass is 388 g/mol. The Bertz CT molecular complexity index is 1000. The third kappa shape index (κ3) is 2.86. The number of carbonyl (C=O) groups excluding carboxylic acids is 1. The van der Waals surface area contributed by atoms with Crippen LogP contribution >= 0.6 is 0 Å². The van der Waals surface area contributed by atoms with E-state index in [4.69, 9.17) is 14.7 Å². The standard InChI is InChI=1S/C24H24N2O3/c1-16-19-12-21-22(29-11-10-28-21)13-20(19)24(8-2-3-9-24)15-26(16)23(27)18-6-4-17(14-25)5-7-18/h4-7,12-13,16H,2-3,8-11,15H2,1H3/t16-/m0/s1. The van der Waals surface area contributed by atoms with Crippen LogP contribution in [0.3, 0.4) is 0 Å². The molecule has 0 aromatic heterocycles. The van der Waals surface area contributed by atoms with Gasteiger partial charge in [-0.3, -0.25) is 4.79 Å². The minimum Gasteiger partial charge on any atom is -0.486 e. The highest BCUT2D eigenvalue weighted by atomic mass is 16.6. The predicted octanol–water partition coefficient (Wildman–Crippen LogP) is 4.36. The van der Waals surface area contributed by atoms with Crippen LogP contribution in [0.4, 0.5) is 0 Å². The molecule has 1 spiro atoms. The number of hydrogen-bond donors (Lipinski definition) is 0. The van der Waals surface area contributed by atoms with Gasteiger partial charge in [0.2, 0.25) is 0 Å². The highest BCUT2D eigenvalue weighted by Crippen LogP contribution is 2.52. The van der Waals surface area contributed by atoms with Gasteiger partial charge in [-0.2, -0.15) is 5.26 Å². The van der Waals surface area contributed by atoms with Crippen molar-refractivity contribution in [2.75, 3.05) is 19.8 Å². The zero-order valence-corrected chi connectivity index (χ0v) is 16.6. The van der Waals surface area contributed by atoms with E-state index < -0.39 is 0 Å². The molecule has 0 saturated heterocycles. The third-order valence-electron chi connectivity index (χ3n) is 6.76. The zero-order chi connectivity index (χ0) is 20.0. The molecule has 148 valence electrons. The summed E-state index contributed by atoms with van der Waals surface area (Å²) in [5, 5.41) is 9.04. The van der Waals surface area contributed by atoms with Crippen molar-refractivity contribution in [3.8, 4) is 17.6 Å². The SMILES string of the molecule is C[C@H]1c2cc3c(cc2C2(CCCC2)CN1C(=O)c1ccc(C#N)cc1)OCCO3. The lowest BCUT2D eigenvalue weighted by molar-refractivity contribution is 0.0593. The molecule has 0 bridgehead atoms. The van der Waals surface area contributed by atoms with Gasteiger partial charge >= 0.3 is 0 Å². The lowest BCUT2D eigenvalue weighted by Crippen LogP contribution is -2.48. The third-order valence-corrected chi connectivity index (χ3v) is 6.76. The number of amides is 1. The fraction of sp³-hybridized carbons (Fsp3) is 0.417. The summed E-state index contributed by atoms with van der Waals surface area (Å²) in [4.78, 5) is 15.4. The average molecular weight is 388 g/mol. The van der Waals surface area contributed by atoms with Gasteiger partial charge in [0, 0.05) is 17.5 Å². The van der Waals surface area contributed by atoms with Crippen LogP contribution in [0.5, 0.6) is 11.5 Å². The van der Waals surface area contributed by atoms with E-state index in [1.807, 2.05) is 4.90 Å². The van der Waals surface area contributed by atoms with Gasteiger partial charge in [-0.25, -0.2) is 0 Å². The van der Waals surface area contributed by atoms with E-state index in [1.165, 1.54) is 24.0 Å². The summed E-state index contributed by atoms with van der Waals surface area (Å²) < 4.78 is 11.7. The van der Waals surface area contributed by atoms with Gasteiger partial charge < -0.3 is 14.4 Å². The van der Waals surface area contributed by atoms with Gasteiger partial charge in [-0.15, -0.1) is 0 Å². The molecule has 0 N–H and O–H groups in total. The summed E-state index contributed by atoms with van der Waals surface area (Å²) >= 11 is 0. The highest BCUT2D eigenvalue weighted by molar-refractivity contribution is 5.95. The first-order valence-electron chi connectivity index (χ1n) is 10.4. The van der Waals surface area contributed by atoms with E-state index >= 15 is 0 Å². The number of fused-ring (bicyclic) bond motifs is 3. The van der Waals surface area contributed by atoms with Crippen LogP contribution in [-0.2, 0) is 5.41 Å². The molecule has 1 fully saturated rings. The summed E-state index contributed by atoms with van der Waals surface area (Å²) in [6, 6.07) is 13.3. The van der Waals surface area contributed by atoms with E-state index in [0.29, 0.717) is 24.3 Å². The minimum atomic E-state index is -0.0461. The second-order valence-electron chi connectivity index (χ2n) is 8.37. The molecule has 2 aromatic rings. The maximum atomic E-state index is 13.4. The molecule has 2 aliphatic heterocycles. The molecule has 0 unspecified atom stereocenters. The second-order valence-corrected chi connectivity index (χ2v) is 8.37. The van der Waals surface area contributed by atoms with Gasteiger partial charge in [-0.05, 0) is 67.3 Å². The number of hydrogen-bond acceptors (Lipinski definition) is 4.